The molecule has 4 atom stereocenters. The van der Waals surface area contributed by atoms with Crippen molar-refractivity contribution >= 4 is 17.7 Å². The maximum atomic E-state index is 13.0. The van der Waals surface area contributed by atoms with E-state index in [0.717, 1.165) is 12.0 Å². The van der Waals surface area contributed by atoms with Crippen LogP contribution in [-0.4, -0.2) is 53.9 Å². The van der Waals surface area contributed by atoms with Crippen LogP contribution >= 0.6 is 0 Å². The van der Waals surface area contributed by atoms with Gasteiger partial charge in [-0.2, -0.15) is 0 Å². The first-order valence-corrected chi connectivity index (χ1v) is 10.6. The van der Waals surface area contributed by atoms with Gasteiger partial charge in [0.25, 0.3) is 5.91 Å². The van der Waals surface area contributed by atoms with Crippen molar-refractivity contribution in [2.45, 2.75) is 57.4 Å². The Morgan fingerprint density at radius 1 is 1.27 bits per heavy atom. The fourth-order valence-corrected chi connectivity index (χ4v) is 3.93. The summed E-state index contributed by atoms with van der Waals surface area (Å²) >= 11 is 0. The Balaban J connectivity index is 1.62. The van der Waals surface area contributed by atoms with Crippen molar-refractivity contribution in [1.29, 1.82) is 0 Å². The molecule has 162 valence electrons. The summed E-state index contributed by atoms with van der Waals surface area (Å²) in [6.07, 6.45) is 2.68. The van der Waals surface area contributed by atoms with Gasteiger partial charge in [0.15, 0.2) is 6.10 Å². The topological polar surface area (TPSA) is 91.0 Å². The van der Waals surface area contributed by atoms with Gasteiger partial charge in [0.1, 0.15) is 18.2 Å². The lowest BCUT2D eigenvalue weighted by atomic mass is 10.0. The van der Waals surface area contributed by atoms with E-state index >= 15 is 0 Å². The Kier molecular flexibility index (Phi) is 7.26. The molecule has 7 nitrogen and oxygen atoms in total. The Bertz CT molecular complexity index is 780. The quantitative estimate of drug-likeness (QED) is 0.478. The molecule has 0 radical (unpaired) electrons. The third-order valence-electron chi connectivity index (χ3n) is 5.46. The second-order valence-corrected chi connectivity index (χ2v) is 8.30. The molecule has 0 unspecified atom stereocenters. The number of amides is 3. The highest BCUT2D eigenvalue weighted by molar-refractivity contribution is 5.94. The van der Waals surface area contributed by atoms with Crippen molar-refractivity contribution in [1.82, 2.24) is 15.5 Å². The molecule has 3 amide bonds. The van der Waals surface area contributed by atoms with Crippen LogP contribution in [0.3, 0.4) is 0 Å². The maximum Gasteiger partial charge on any atom is 0.255 e. The second kappa shape index (κ2) is 9.89. The summed E-state index contributed by atoms with van der Waals surface area (Å²) < 4.78 is 5.63. The highest BCUT2D eigenvalue weighted by atomic mass is 16.6. The lowest BCUT2D eigenvalue weighted by Gasteiger charge is -2.26. The molecule has 30 heavy (non-hydrogen) atoms. The predicted molar refractivity (Wildman–Crippen MR) is 113 cm³/mol. The molecule has 0 spiro atoms. The summed E-state index contributed by atoms with van der Waals surface area (Å²) in [7, 11) is 0. The zero-order valence-corrected chi connectivity index (χ0v) is 17.7. The number of carbonyl (C=O) groups excluding carboxylic acids is 3. The number of hydrogen-bond donors (Lipinski definition) is 2. The number of nitrogens with zero attached hydrogens (tertiary/aromatic N) is 1. The molecule has 2 heterocycles. The lowest BCUT2D eigenvalue weighted by molar-refractivity contribution is -0.140. The second-order valence-electron chi connectivity index (χ2n) is 8.30. The number of ether oxygens (including phenoxy) is 1. The summed E-state index contributed by atoms with van der Waals surface area (Å²) in [6.45, 7) is 8.47. The van der Waals surface area contributed by atoms with Gasteiger partial charge in [-0.15, -0.1) is 6.58 Å². The number of likely N-dealkylation sites (tertiary alicyclic amines) is 1. The van der Waals surface area contributed by atoms with E-state index in [9.17, 15) is 14.4 Å². The molecule has 2 aliphatic heterocycles. The first-order valence-electron chi connectivity index (χ1n) is 10.6. The van der Waals surface area contributed by atoms with Gasteiger partial charge in [0.05, 0.1) is 0 Å². The Hall–Kier alpha value is -2.67. The van der Waals surface area contributed by atoms with Crippen molar-refractivity contribution in [3.63, 3.8) is 0 Å². The van der Waals surface area contributed by atoms with E-state index in [-0.39, 0.29) is 29.7 Å². The van der Waals surface area contributed by atoms with E-state index in [1.807, 2.05) is 44.2 Å². The van der Waals surface area contributed by atoms with Crippen molar-refractivity contribution in [2.24, 2.45) is 5.92 Å². The molecule has 0 bridgehead atoms. The van der Waals surface area contributed by atoms with Crippen molar-refractivity contribution in [2.75, 3.05) is 13.1 Å². The summed E-state index contributed by atoms with van der Waals surface area (Å²) in [5.74, 6) is -0.435. The van der Waals surface area contributed by atoms with Gasteiger partial charge in [-0.25, -0.2) is 0 Å². The van der Waals surface area contributed by atoms with Crippen LogP contribution < -0.4 is 10.6 Å². The molecule has 2 aliphatic rings. The number of epoxide rings is 1. The van der Waals surface area contributed by atoms with Gasteiger partial charge in [0, 0.05) is 13.1 Å². The van der Waals surface area contributed by atoms with Gasteiger partial charge in [-0.1, -0.05) is 50.3 Å². The van der Waals surface area contributed by atoms with Crippen LogP contribution in [0.2, 0.25) is 0 Å². The van der Waals surface area contributed by atoms with Gasteiger partial charge >= 0.3 is 0 Å². The van der Waals surface area contributed by atoms with Gasteiger partial charge in [-0.05, 0) is 30.7 Å². The molecule has 0 aromatic heterocycles. The average molecular weight is 414 g/mol. The molecule has 2 N–H and O–H groups in total. The molecular formula is C23H31N3O4. The normalized spacial score (nSPS) is 23.7. The van der Waals surface area contributed by atoms with Crippen LogP contribution in [0.15, 0.2) is 43.0 Å². The molecule has 2 saturated heterocycles. The molecule has 7 heteroatoms. The minimum Gasteiger partial charge on any atom is -0.354 e. The largest absolute Gasteiger partial charge is 0.354 e. The van der Waals surface area contributed by atoms with E-state index in [0.29, 0.717) is 25.9 Å². The number of hydrogen-bond acceptors (Lipinski definition) is 4. The van der Waals surface area contributed by atoms with Crippen LogP contribution in [0, 0.1) is 5.92 Å². The van der Waals surface area contributed by atoms with Crippen molar-refractivity contribution < 1.29 is 19.1 Å². The Labute approximate surface area is 177 Å². The monoisotopic (exact) mass is 413 g/mol. The van der Waals surface area contributed by atoms with E-state index < -0.39 is 18.2 Å². The lowest BCUT2D eigenvalue weighted by Crippen LogP contribution is -2.54. The molecule has 0 aliphatic carbocycles. The van der Waals surface area contributed by atoms with E-state index in [1.54, 1.807) is 11.0 Å². The van der Waals surface area contributed by atoms with E-state index in [4.69, 9.17) is 4.74 Å². The first-order chi connectivity index (χ1) is 14.4. The van der Waals surface area contributed by atoms with Gasteiger partial charge in [0.2, 0.25) is 11.8 Å². The summed E-state index contributed by atoms with van der Waals surface area (Å²) in [5, 5.41) is 5.61. The van der Waals surface area contributed by atoms with Crippen LogP contribution in [0.1, 0.15) is 44.8 Å². The minimum absolute atomic E-state index is 0.155. The average Bonchev–Trinajstić information content (AvgIpc) is 3.38. The smallest absolute Gasteiger partial charge is 0.255 e. The summed E-state index contributed by atoms with van der Waals surface area (Å²) in [4.78, 5) is 40.0. The number of nitrogens with one attached hydrogen (secondary N) is 2. The first kappa shape index (κ1) is 22.0. The minimum atomic E-state index is -0.635. The number of carbonyl (C=O) groups is 3. The van der Waals surface area contributed by atoms with Crippen LogP contribution in [-0.2, 0) is 19.1 Å². The van der Waals surface area contributed by atoms with Crippen LogP contribution in [0.5, 0.6) is 0 Å². The third-order valence-corrected chi connectivity index (χ3v) is 5.46. The standard InChI is InChI=1S/C23H31N3O4/c1-4-12-24-21(27)17(14-15(2)3)25-22(28)18-11-8-13-26(18)23(29)20-19(30-20)16-9-6-5-7-10-16/h4-7,9-10,15,17-20H,1,8,11-14H2,2-3H3,(H,24,27)(H,25,28)/t17-,18+,19-,20+/m0/s1. The maximum absolute atomic E-state index is 13.0. The molecule has 3 rings (SSSR count). The summed E-state index contributed by atoms with van der Waals surface area (Å²) in [6, 6.07) is 8.41. The Morgan fingerprint density at radius 2 is 2.00 bits per heavy atom. The van der Waals surface area contributed by atoms with Crippen molar-refractivity contribution in [3.05, 3.63) is 48.6 Å². The molecule has 1 aromatic rings. The highest BCUT2D eigenvalue weighted by Gasteiger charge is 2.50. The zero-order chi connectivity index (χ0) is 21.7. The fourth-order valence-electron chi connectivity index (χ4n) is 3.93. The summed E-state index contributed by atoms with van der Waals surface area (Å²) in [5.41, 5.74) is 0.965. The molecule has 0 saturated carbocycles. The number of benzene rings is 1. The van der Waals surface area contributed by atoms with Gasteiger partial charge in [-0.3, -0.25) is 14.4 Å². The van der Waals surface area contributed by atoms with Crippen molar-refractivity contribution in [3.8, 4) is 0 Å². The predicted octanol–water partition coefficient (Wildman–Crippen LogP) is 1.95. The van der Waals surface area contributed by atoms with Crippen LogP contribution in [0.25, 0.3) is 0 Å². The van der Waals surface area contributed by atoms with E-state index in [1.165, 1.54) is 0 Å². The highest BCUT2D eigenvalue weighted by Crippen LogP contribution is 2.40. The number of rotatable bonds is 9. The molecule has 1 aromatic carbocycles. The van der Waals surface area contributed by atoms with E-state index in [2.05, 4.69) is 17.2 Å². The molecule has 2 fully saturated rings. The fraction of sp³-hybridized carbons (Fsp3) is 0.522. The SMILES string of the molecule is C=CCNC(=O)[C@H](CC(C)C)NC(=O)[C@H]1CCCN1C(=O)[C@@H]1O[C@H]1c1ccccc1. The van der Waals surface area contributed by atoms with Crippen LogP contribution in [0.4, 0.5) is 0 Å². The zero-order valence-electron chi connectivity index (χ0n) is 17.7. The van der Waals surface area contributed by atoms with Gasteiger partial charge < -0.3 is 20.3 Å². The Morgan fingerprint density at radius 3 is 2.67 bits per heavy atom. The molecular weight excluding hydrogens is 382 g/mol. The third kappa shape index (κ3) is 5.27.